The molecule has 2 aromatic rings. The Labute approximate surface area is 101 Å². The summed E-state index contributed by atoms with van der Waals surface area (Å²) in [4.78, 5) is 3.98. The van der Waals surface area contributed by atoms with Crippen LogP contribution in [0.15, 0.2) is 48.8 Å². The van der Waals surface area contributed by atoms with Crippen LogP contribution < -0.4 is 5.32 Å². The molecule has 0 spiro atoms. The SMILES string of the molecule is N#Cc1ccc(NCCc2ccncc2)cc1. The van der Waals surface area contributed by atoms with Crippen LogP contribution in [0.25, 0.3) is 0 Å². The molecule has 0 aliphatic rings. The van der Waals surface area contributed by atoms with Gasteiger partial charge in [0.25, 0.3) is 0 Å². The van der Waals surface area contributed by atoms with E-state index in [1.807, 2.05) is 36.4 Å². The van der Waals surface area contributed by atoms with Gasteiger partial charge in [0.05, 0.1) is 11.6 Å². The van der Waals surface area contributed by atoms with Crippen molar-refractivity contribution in [1.82, 2.24) is 4.98 Å². The second-order valence-electron chi connectivity index (χ2n) is 3.72. The topological polar surface area (TPSA) is 48.7 Å². The summed E-state index contributed by atoms with van der Waals surface area (Å²) >= 11 is 0. The van der Waals surface area contributed by atoms with E-state index >= 15 is 0 Å². The first-order valence-electron chi connectivity index (χ1n) is 5.51. The van der Waals surface area contributed by atoms with Crippen molar-refractivity contribution in [2.45, 2.75) is 6.42 Å². The van der Waals surface area contributed by atoms with Crippen LogP contribution in [0.5, 0.6) is 0 Å². The summed E-state index contributed by atoms with van der Waals surface area (Å²) in [7, 11) is 0. The van der Waals surface area contributed by atoms with E-state index in [1.165, 1.54) is 5.56 Å². The summed E-state index contributed by atoms with van der Waals surface area (Å²) in [6, 6.07) is 13.6. The summed E-state index contributed by atoms with van der Waals surface area (Å²) in [5.41, 5.74) is 2.99. The Hall–Kier alpha value is -2.34. The Morgan fingerprint density at radius 2 is 1.76 bits per heavy atom. The summed E-state index contributed by atoms with van der Waals surface area (Å²) < 4.78 is 0. The van der Waals surface area contributed by atoms with Gasteiger partial charge in [-0.05, 0) is 48.4 Å². The number of nitriles is 1. The monoisotopic (exact) mass is 223 g/mol. The molecule has 3 heteroatoms. The first-order valence-corrected chi connectivity index (χ1v) is 5.51. The zero-order valence-corrected chi connectivity index (χ0v) is 9.43. The minimum Gasteiger partial charge on any atom is -0.385 e. The molecule has 0 radical (unpaired) electrons. The van der Waals surface area contributed by atoms with Crippen molar-refractivity contribution in [2.75, 3.05) is 11.9 Å². The second kappa shape index (κ2) is 5.66. The average molecular weight is 223 g/mol. The van der Waals surface area contributed by atoms with Crippen LogP contribution in [-0.4, -0.2) is 11.5 Å². The van der Waals surface area contributed by atoms with Crippen molar-refractivity contribution in [3.05, 3.63) is 59.9 Å². The van der Waals surface area contributed by atoms with Gasteiger partial charge in [-0.25, -0.2) is 0 Å². The minimum atomic E-state index is 0.685. The van der Waals surface area contributed by atoms with Crippen LogP contribution in [0.1, 0.15) is 11.1 Å². The fraction of sp³-hybridized carbons (Fsp3) is 0.143. The standard InChI is InChI=1S/C14H13N3/c15-11-13-1-3-14(4-2-13)17-10-7-12-5-8-16-9-6-12/h1-6,8-9,17H,7,10H2. The lowest BCUT2D eigenvalue weighted by molar-refractivity contribution is 1.01. The molecule has 0 amide bonds. The second-order valence-corrected chi connectivity index (χ2v) is 3.72. The summed E-state index contributed by atoms with van der Waals surface area (Å²) in [6.45, 7) is 0.871. The highest BCUT2D eigenvalue weighted by Crippen LogP contribution is 2.08. The summed E-state index contributed by atoms with van der Waals surface area (Å²) in [5, 5.41) is 12.0. The van der Waals surface area contributed by atoms with Crippen molar-refractivity contribution in [2.24, 2.45) is 0 Å². The van der Waals surface area contributed by atoms with Gasteiger partial charge < -0.3 is 5.32 Å². The smallest absolute Gasteiger partial charge is 0.0991 e. The fourth-order valence-electron chi connectivity index (χ4n) is 1.56. The van der Waals surface area contributed by atoms with Gasteiger partial charge in [0.1, 0.15) is 0 Å². The molecule has 1 N–H and O–H groups in total. The number of nitrogens with one attached hydrogen (secondary N) is 1. The predicted molar refractivity (Wildman–Crippen MR) is 67.6 cm³/mol. The van der Waals surface area contributed by atoms with Crippen LogP contribution in [0.2, 0.25) is 0 Å². The molecule has 1 aromatic carbocycles. The Morgan fingerprint density at radius 3 is 2.41 bits per heavy atom. The van der Waals surface area contributed by atoms with Gasteiger partial charge in [0, 0.05) is 24.6 Å². The molecule has 0 bridgehead atoms. The molecule has 0 fully saturated rings. The average Bonchev–Trinajstić information content (AvgIpc) is 2.41. The van der Waals surface area contributed by atoms with Crippen molar-refractivity contribution in [1.29, 1.82) is 5.26 Å². The van der Waals surface area contributed by atoms with Gasteiger partial charge in [-0.1, -0.05) is 0 Å². The normalized spacial score (nSPS) is 9.59. The lowest BCUT2D eigenvalue weighted by atomic mass is 10.2. The molecule has 1 aromatic heterocycles. The van der Waals surface area contributed by atoms with Gasteiger partial charge in [0.2, 0.25) is 0 Å². The van der Waals surface area contributed by atoms with Crippen molar-refractivity contribution < 1.29 is 0 Å². The maximum atomic E-state index is 8.68. The Morgan fingerprint density at radius 1 is 1.06 bits per heavy atom. The lowest BCUT2D eigenvalue weighted by Crippen LogP contribution is -2.04. The van der Waals surface area contributed by atoms with E-state index in [9.17, 15) is 0 Å². The fourth-order valence-corrected chi connectivity index (χ4v) is 1.56. The van der Waals surface area contributed by atoms with E-state index in [2.05, 4.69) is 16.4 Å². The number of anilines is 1. The number of hydrogen-bond acceptors (Lipinski definition) is 3. The molecule has 17 heavy (non-hydrogen) atoms. The van der Waals surface area contributed by atoms with Gasteiger partial charge >= 0.3 is 0 Å². The lowest BCUT2D eigenvalue weighted by Gasteiger charge is -2.06. The number of rotatable bonds is 4. The Kier molecular flexibility index (Phi) is 3.72. The maximum Gasteiger partial charge on any atom is 0.0991 e. The van der Waals surface area contributed by atoms with Crippen molar-refractivity contribution >= 4 is 5.69 Å². The molecule has 0 saturated heterocycles. The van der Waals surface area contributed by atoms with Crippen LogP contribution in [-0.2, 0) is 6.42 Å². The molecule has 1 heterocycles. The number of benzene rings is 1. The van der Waals surface area contributed by atoms with Crippen LogP contribution in [0.3, 0.4) is 0 Å². The van der Waals surface area contributed by atoms with Crippen molar-refractivity contribution in [3.63, 3.8) is 0 Å². The van der Waals surface area contributed by atoms with Crippen LogP contribution in [0, 0.1) is 11.3 Å². The molecule has 2 rings (SSSR count). The molecular weight excluding hydrogens is 210 g/mol. The van der Waals surface area contributed by atoms with Gasteiger partial charge in [-0.3, -0.25) is 4.98 Å². The highest BCUT2D eigenvalue weighted by Gasteiger charge is 1.94. The number of pyridine rings is 1. The molecule has 0 aliphatic heterocycles. The maximum absolute atomic E-state index is 8.68. The summed E-state index contributed by atoms with van der Waals surface area (Å²) in [5.74, 6) is 0. The third-order valence-electron chi connectivity index (χ3n) is 2.51. The molecule has 84 valence electrons. The third-order valence-corrected chi connectivity index (χ3v) is 2.51. The molecule has 3 nitrogen and oxygen atoms in total. The highest BCUT2D eigenvalue weighted by atomic mass is 14.9. The zero-order valence-electron chi connectivity index (χ0n) is 9.43. The van der Waals surface area contributed by atoms with E-state index in [1.54, 1.807) is 12.4 Å². The molecular formula is C14H13N3. The highest BCUT2D eigenvalue weighted by molar-refractivity contribution is 5.47. The third kappa shape index (κ3) is 3.32. The number of hydrogen-bond donors (Lipinski definition) is 1. The van der Waals surface area contributed by atoms with E-state index in [4.69, 9.17) is 5.26 Å². The van der Waals surface area contributed by atoms with Gasteiger partial charge in [-0.2, -0.15) is 5.26 Å². The van der Waals surface area contributed by atoms with E-state index < -0.39 is 0 Å². The van der Waals surface area contributed by atoms with E-state index in [0.717, 1.165) is 18.7 Å². The van der Waals surface area contributed by atoms with Gasteiger partial charge in [0.15, 0.2) is 0 Å². The molecule has 0 unspecified atom stereocenters. The van der Waals surface area contributed by atoms with Crippen LogP contribution >= 0.6 is 0 Å². The Balaban J connectivity index is 1.84. The first-order chi connectivity index (χ1) is 8.38. The minimum absolute atomic E-state index is 0.685. The van der Waals surface area contributed by atoms with E-state index in [0.29, 0.717) is 5.56 Å². The first kappa shape index (κ1) is 11.2. The summed E-state index contributed by atoms with van der Waals surface area (Å²) in [6.07, 6.45) is 4.57. The molecule has 0 atom stereocenters. The van der Waals surface area contributed by atoms with E-state index in [-0.39, 0.29) is 0 Å². The zero-order chi connectivity index (χ0) is 11.9. The van der Waals surface area contributed by atoms with Crippen LogP contribution in [0.4, 0.5) is 5.69 Å². The number of nitrogens with zero attached hydrogens (tertiary/aromatic N) is 2. The number of aromatic nitrogens is 1. The molecule has 0 aliphatic carbocycles. The predicted octanol–water partition coefficient (Wildman–Crippen LogP) is 2.61. The Bertz CT molecular complexity index is 497. The molecule has 0 saturated carbocycles. The van der Waals surface area contributed by atoms with Gasteiger partial charge in [-0.15, -0.1) is 0 Å². The quantitative estimate of drug-likeness (QED) is 0.866. The largest absolute Gasteiger partial charge is 0.385 e. The van der Waals surface area contributed by atoms with Crippen molar-refractivity contribution in [3.8, 4) is 6.07 Å².